The average molecular weight is 431 g/mol. The van der Waals surface area contributed by atoms with Gasteiger partial charge in [0.1, 0.15) is 5.56 Å². The third-order valence-corrected chi connectivity index (χ3v) is 6.97. The van der Waals surface area contributed by atoms with Crippen LogP contribution in [-0.4, -0.2) is 21.9 Å². The lowest BCUT2D eigenvalue weighted by Crippen LogP contribution is -2.50. The van der Waals surface area contributed by atoms with E-state index < -0.39 is 0 Å². The number of pyridine rings is 1. The minimum absolute atomic E-state index is 0.202. The highest BCUT2D eigenvalue weighted by Crippen LogP contribution is 2.40. The zero-order valence-corrected chi connectivity index (χ0v) is 19.6. The van der Waals surface area contributed by atoms with Crippen molar-refractivity contribution in [3.8, 4) is 0 Å². The fourth-order valence-corrected chi connectivity index (χ4v) is 4.53. The Hall–Kier alpha value is -1.81. The van der Waals surface area contributed by atoms with Crippen molar-refractivity contribution in [1.82, 2.24) is 9.88 Å². The molecule has 1 aromatic heterocycles. The summed E-state index contributed by atoms with van der Waals surface area (Å²) >= 11 is 6.07. The number of aromatic nitrogens is 1. The number of nitrogens with one attached hydrogen (secondary N) is 1. The summed E-state index contributed by atoms with van der Waals surface area (Å²) in [4.78, 5) is 26.6. The van der Waals surface area contributed by atoms with Crippen LogP contribution in [0.25, 0.3) is 6.08 Å². The van der Waals surface area contributed by atoms with Gasteiger partial charge in [-0.2, -0.15) is 0 Å². The van der Waals surface area contributed by atoms with Crippen LogP contribution in [0.5, 0.6) is 0 Å². The number of carbonyl (C=O) groups excluding carboxylic acids is 1. The first-order valence-corrected chi connectivity index (χ1v) is 11.7. The summed E-state index contributed by atoms with van der Waals surface area (Å²) in [5, 5.41) is 3.21. The number of carbonyl (C=O) groups is 1. The smallest absolute Gasteiger partial charge is 0.263 e. The summed E-state index contributed by atoms with van der Waals surface area (Å²) in [6, 6.07) is 1.80. The molecule has 0 bridgehead atoms. The van der Waals surface area contributed by atoms with Gasteiger partial charge in [-0.1, -0.05) is 39.3 Å². The van der Waals surface area contributed by atoms with Crippen molar-refractivity contribution in [1.29, 1.82) is 0 Å². The van der Waals surface area contributed by atoms with E-state index in [-0.39, 0.29) is 22.6 Å². The zero-order valence-electron chi connectivity index (χ0n) is 18.8. The normalized spacial score (nSPS) is 19.6. The molecule has 0 unspecified atom stereocenters. The molecule has 0 spiro atoms. The van der Waals surface area contributed by atoms with Crippen molar-refractivity contribution in [2.24, 2.45) is 5.41 Å². The number of halogens is 1. The molecule has 0 atom stereocenters. The minimum atomic E-state index is -0.258. The Morgan fingerprint density at radius 1 is 1.20 bits per heavy atom. The molecule has 2 aliphatic rings. The van der Waals surface area contributed by atoms with E-state index in [0.29, 0.717) is 24.3 Å². The van der Waals surface area contributed by atoms with Crippen molar-refractivity contribution in [2.45, 2.75) is 84.7 Å². The van der Waals surface area contributed by atoms with E-state index in [4.69, 9.17) is 11.6 Å². The maximum Gasteiger partial charge on any atom is 0.263 e. The first kappa shape index (κ1) is 22.9. The number of rotatable bonds is 6. The van der Waals surface area contributed by atoms with E-state index in [1.54, 1.807) is 10.6 Å². The van der Waals surface area contributed by atoms with E-state index >= 15 is 0 Å². The van der Waals surface area contributed by atoms with Gasteiger partial charge in [0, 0.05) is 23.7 Å². The highest BCUT2D eigenvalue weighted by molar-refractivity contribution is 6.20. The van der Waals surface area contributed by atoms with E-state index in [1.165, 1.54) is 0 Å². The minimum Gasteiger partial charge on any atom is -0.347 e. The lowest BCUT2D eigenvalue weighted by atomic mass is 9.70. The van der Waals surface area contributed by atoms with Crippen LogP contribution >= 0.6 is 11.6 Å². The number of fused-ring (bicyclic) bond motifs is 1. The van der Waals surface area contributed by atoms with Crippen molar-refractivity contribution in [2.75, 3.05) is 5.88 Å². The first-order valence-electron chi connectivity index (χ1n) is 11.2. The molecule has 0 radical (unpaired) electrons. The summed E-state index contributed by atoms with van der Waals surface area (Å²) in [6.07, 6.45) is 12.6. The number of hydrogen-bond donors (Lipinski definition) is 1. The third-order valence-electron chi connectivity index (χ3n) is 6.66. The average Bonchev–Trinajstić information content (AvgIpc) is 2.91. The molecule has 2 aliphatic carbocycles. The Balaban J connectivity index is 1.96. The molecule has 4 nitrogen and oxygen atoms in total. The lowest BCUT2D eigenvalue weighted by Gasteiger charge is -2.41. The standard InChI is InChI=1S/C25H35ClN2O2/c1-5-6-14-28-21-15-18(17-26)8-7-9-19(21)16-20(23(28)30)22(29)27-25(4)12-10-24(2,3)11-13-25/h7-8,15-16H,5-6,9-14,17H2,1-4H3,(H,27,29). The van der Waals surface area contributed by atoms with Crippen LogP contribution in [0.2, 0.25) is 0 Å². The van der Waals surface area contributed by atoms with E-state index in [1.807, 2.05) is 12.2 Å². The second-order valence-electron chi connectivity index (χ2n) is 9.92. The number of unbranched alkanes of at least 4 members (excludes halogenated alkanes) is 1. The molecule has 0 saturated heterocycles. The Bertz CT molecular complexity index is 914. The van der Waals surface area contributed by atoms with Crippen molar-refractivity contribution in [3.63, 3.8) is 0 Å². The van der Waals surface area contributed by atoms with Crippen molar-refractivity contribution < 1.29 is 4.79 Å². The summed E-state index contributed by atoms with van der Waals surface area (Å²) in [7, 11) is 0. The van der Waals surface area contributed by atoms with Crippen molar-refractivity contribution in [3.05, 3.63) is 51.0 Å². The van der Waals surface area contributed by atoms with Crippen molar-refractivity contribution >= 4 is 23.6 Å². The molecule has 1 fully saturated rings. The molecule has 1 amide bonds. The predicted octanol–water partition coefficient (Wildman–Crippen LogP) is 5.47. The molecule has 1 saturated carbocycles. The third kappa shape index (κ3) is 5.08. The zero-order chi connectivity index (χ0) is 21.9. The van der Waals surface area contributed by atoms with E-state index in [2.05, 4.69) is 39.1 Å². The molecule has 1 aromatic rings. The number of hydrogen-bond acceptors (Lipinski definition) is 2. The summed E-state index contributed by atoms with van der Waals surface area (Å²) in [5.74, 6) is 0.152. The molecule has 0 aliphatic heterocycles. The maximum absolute atomic E-state index is 13.4. The van der Waals surface area contributed by atoms with Gasteiger partial charge < -0.3 is 9.88 Å². The van der Waals surface area contributed by atoms with Gasteiger partial charge in [-0.15, -0.1) is 11.6 Å². The lowest BCUT2D eigenvalue weighted by molar-refractivity contribution is 0.0826. The Labute approximate surface area is 185 Å². The summed E-state index contributed by atoms with van der Waals surface area (Å²) in [6.45, 7) is 9.38. The molecule has 164 valence electrons. The van der Waals surface area contributed by atoms with E-state index in [0.717, 1.165) is 55.4 Å². The largest absolute Gasteiger partial charge is 0.347 e. The van der Waals surface area contributed by atoms with Crippen LogP contribution in [-0.2, 0) is 13.0 Å². The van der Waals surface area contributed by atoms with Crippen LogP contribution in [0.3, 0.4) is 0 Å². The van der Waals surface area contributed by atoms with Gasteiger partial charge in [0.15, 0.2) is 0 Å². The number of nitrogens with zero attached hydrogens (tertiary/aromatic N) is 1. The molecule has 3 rings (SSSR count). The Kier molecular flexibility index (Phi) is 6.96. The fraction of sp³-hybridized carbons (Fsp3) is 0.600. The van der Waals surface area contributed by atoms with Gasteiger partial charge in [-0.25, -0.2) is 0 Å². The van der Waals surface area contributed by atoms with Gasteiger partial charge >= 0.3 is 0 Å². The SMILES string of the molecule is CCCCn1c2c(cc(C(=O)NC3(C)CCC(C)(C)CC3)c1=O)CC=CC(CCl)=C2. The highest BCUT2D eigenvalue weighted by Gasteiger charge is 2.36. The van der Waals surface area contributed by atoms with Crippen LogP contribution in [0, 0.1) is 5.41 Å². The van der Waals surface area contributed by atoms with Crippen LogP contribution in [0.1, 0.15) is 87.8 Å². The van der Waals surface area contributed by atoms with Gasteiger partial charge in [-0.3, -0.25) is 9.59 Å². The molecule has 0 aromatic carbocycles. The van der Waals surface area contributed by atoms with Gasteiger partial charge in [0.05, 0.1) is 0 Å². The molecule has 1 heterocycles. The number of amides is 1. The van der Waals surface area contributed by atoms with Gasteiger partial charge in [0.2, 0.25) is 0 Å². The van der Waals surface area contributed by atoms with Gasteiger partial charge in [-0.05, 0) is 74.1 Å². The van der Waals surface area contributed by atoms with Crippen LogP contribution in [0.4, 0.5) is 0 Å². The Morgan fingerprint density at radius 3 is 2.53 bits per heavy atom. The Morgan fingerprint density at radius 2 is 1.90 bits per heavy atom. The predicted molar refractivity (Wildman–Crippen MR) is 125 cm³/mol. The van der Waals surface area contributed by atoms with E-state index in [9.17, 15) is 9.59 Å². The second-order valence-corrected chi connectivity index (χ2v) is 10.2. The molecular formula is C25H35ClN2O2. The number of allylic oxidation sites excluding steroid dienone is 3. The first-order chi connectivity index (χ1) is 14.2. The highest BCUT2D eigenvalue weighted by atomic mass is 35.5. The maximum atomic E-state index is 13.4. The monoisotopic (exact) mass is 430 g/mol. The quantitative estimate of drug-likeness (QED) is 0.608. The summed E-state index contributed by atoms with van der Waals surface area (Å²) in [5.41, 5.74) is 2.98. The molecular weight excluding hydrogens is 396 g/mol. The topological polar surface area (TPSA) is 51.1 Å². The van der Waals surface area contributed by atoms with Gasteiger partial charge in [0.25, 0.3) is 11.5 Å². The van der Waals surface area contributed by atoms with Crippen LogP contribution < -0.4 is 10.9 Å². The molecule has 1 N–H and O–H groups in total. The van der Waals surface area contributed by atoms with Crippen LogP contribution in [0.15, 0.2) is 28.6 Å². The summed E-state index contributed by atoms with van der Waals surface area (Å²) < 4.78 is 1.78. The second kappa shape index (κ2) is 9.13. The molecule has 5 heteroatoms. The fourth-order valence-electron chi connectivity index (χ4n) is 4.36. The number of alkyl halides is 1. The molecule has 30 heavy (non-hydrogen) atoms.